The molecule has 0 bridgehead atoms. The summed E-state index contributed by atoms with van der Waals surface area (Å²) in [6, 6.07) is 5.23. The minimum Gasteiger partial charge on any atom is -0.469 e. The van der Waals surface area contributed by atoms with Gasteiger partial charge in [0.05, 0.1) is 35.3 Å². The van der Waals surface area contributed by atoms with Crippen molar-refractivity contribution < 1.29 is 31.2 Å². The van der Waals surface area contributed by atoms with Crippen LogP contribution in [0, 0.1) is 11.8 Å². The van der Waals surface area contributed by atoms with Crippen LogP contribution in [0.1, 0.15) is 19.8 Å². The van der Waals surface area contributed by atoms with E-state index in [1.54, 1.807) is 0 Å². The number of carbonyl (C=O) groups excluding carboxylic acids is 2. The Morgan fingerprint density at radius 3 is 2.18 bits per heavy atom. The molecule has 0 unspecified atom stereocenters. The van der Waals surface area contributed by atoms with Crippen molar-refractivity contribution in [3.8, 4) is 0 Å². The third-order valence-electron chi connectivity index (χ3n) is 5.06. The molecule has 2 fully saturated rings. The molecule has 0 saturated carbocycles. The van der Waals surface area contributed by atoms with Gasteiger partial charge in [-0.3, -0.25) is 9.59 Å². The Bertz CT molecular complexity index is 979. The highest BCUT2D eigenvalue weighted by Crippen LogP contribution is 2.30. The van der Waals surface area contributed by atoms with Gasteiger partial charge in [0.25, 0.3) is 0 Å². The van der Waals surface area contributed by atoms with Crippen LogP contribution in [-0.2, 0) is 34.4 Å². The number of methoxy groups -OCH3 is 1. The highest BCUT2D eigenvalue weighted by atomic mass is 32.2. The van der Waals surface area contributed by atoms with Gasteiger partial charge in [-0.25, -0.2) is 21.1 Å². The lowest BCUT2D eigenvalue weighted by Gasteiger charge is -2.30. The first-order chi connectivity index (χ1) is 13.1. The van der Waals surface area contributed by atoms with Crippen LogP contribution in [0.5, 0.6) is 0 Å². The van der Waals surface area contributed by atoms with Gasteiger partial charge in [0.1, 0.15) is 0 Å². The van der Waals surface area contributed by atoms with Crippen LogP contribution < -0.4 is 4.31 Å². The Kier molecular flexibility index (Phi) is 5.52. The molecule has 2 aliphatic heterocycles. The molecule has 2 heterocycles. The number of esters is 1. The van der Waals surface area contributed by atoms with E-state index in [4.69, 9.17) is 4.74 Å². The van der Waals surface area contributed by atoms with Crippen LogP contribution in [0.2, 0.25) is 0 Å². The number of rotatable bonds is 4. The SMILES string of the molecule is COC(=O)C1CCN(S(=O)(=O)c2ccc(N3C(=O)[C@@H](C)CS3(=O)=O)cc2)CC1. The molecule has 2 saturated heterocycles. The van der Waals surface area contributed by atoms with Crippen molar-refractivity contribution in [2.45, 2.75) is 24.7 Å². The van der Waals surface area contributed by atoms with Gasteiger partial charge in [-0.2, -0.15) is 4.31 Å². The summed E-state index contributed by atoms with van der Waals surface area (Å²) in [5.74, 6) is -2.08. The monoisotopic (exact) mass is 430 g/mol. The van der Waals surface area contributed by atoms with Gasteiger partial charge >= 0.3 is 5.97 Å². The van der Waals surface area contributed by atoms with E-state index in [1.807, 2.05) is 0 Å². The zero-order valence-corrected chi connectivity index (χ0v) is 17.2. The summed E-state index contributed by atoms with van der Waals surface area (Å²) < 4.78 is 56.7. The Hall–Kier alpha value is -1.98. The Morgan fingerprint density at radius 2 is 1.71 bits per heavy atom. The van der Waals surface area contributed by atoms with Gasteiger partial charge in [-0.15, -0.1) is 0 Å². The summed E-state index contributed by atoms with van der Waals surface area (Å²) in [5.41, 5.74) is 0.123. The molecule has 1 atom stereocenters. The number of benzene rings is 1. The summed E-state index contributed by atoms with van der Waals surface area (Å²) in [5, 5.41) is 0. The molecule has 0 aromatic heterocycles. The van der Waals surface area contributed by atoms with Gasteiger partial charge in [-0.05, 0) is 37.1 Å². The lowest BCUT2D eigenvalue weighted by atomic mass is 9.99. The van der Waals surface area contributed by atoms with E-state index < -0.39 is 31.9 Å². The summed E-state index contributed by atoms with van der Waals surface area (Å²) in [6.07, 6.45) is 0.755. The molecule has 154 valence electrons. The van der Waals surface area contributed by atoms with Crippen LogP contribution in [-0.4, -0.2) is 59.0 Å². The van der Waals surface area contributed by atoms with Gasteiger partial charge in [0.15, 0.2) is 0 Å². The predicted octanol–water partition coefficient (Wildman–Crippen LogP) is 0.573. The van der Waals surface area contributed by atoms with Crippen molar-refractivity contribution in [2.75, 3.05) is 30.3 Å². The second-order valence-corrected chi connectivity index (χ2v) is 10.8. The maximum atomic E-state index is 12.8. The van der Waals surface area contributed by atoms with Gasteiger partial charge in [0.2, 0.25) is 26.0 Å². The van der Waals surface area contributed by atoms with Crippen LogP contribution in [0.4, 0.5) is 5.69 Å². The number of anilines is 1. The molecule has 0 spiro atoms. The molecule has 1 aromatic rings. The van der Waals surface area contributed by atoms with E-state index in [-0.39, 0.29) is 41.3 Å². The smallest absolute Gasteiger partial charge is 0.308 e. The quantitative estimate of drug-likeness (QED) is 0.641. The molecule has 3 rings (SSSR count). The average molecular weight is 431 g/mol. The predicted molar refractivity (Wildman–Crippen MR) is 100 cm³/mol. The Morgan fingerprint density at radius 1 is 1.14 bits per heavy atom. The molecule has 0 aliphatic carbocycles. The Balaban J connectivity index is 1.78. The first-order valence-electron chi connectivity index (χ1n) is 8.83. The van der Waals surface area contributed by atoms with Gasteiger partial charge in [-0.1, -0.05) is 6.92 Å². The van der Waals surface area contributed by atoms with E-state index in [2.05, 4.69) is 0 Å². The summed E-state index contributed by atoms with van der Waals surface area (Å²) in [4.78, 5) is 23.7. The topological polar surface area (TPSA) is 118 Å². The number of carbonyl (C=O) groups is 2. The van der Waals surface area contributed by atoms with Crippen LogP contribution >= 0.6 is 0 Å². The highest BCUT2D eigenvalue weighted by Gasteiger charge is 2.42. The fraction of sp³-hybridized carbons (Fsp3) is 0.529. The van der Waals surface area contributed by atoms with E-state index in [0.717, 1.165) is 4.31 Å². The minimum atomic E-state index is -3.78. The lowest BCUT2D eigenvalue weighted by Crippen LogP contribution is -2.40. The second kappa shape index (κ2) is 7.45. The fourth-order valence-electron chi connectivity index (χ4n) is 3.49. The molecule has 1 aromatic carbocycles. The van der Waals surface area contributed by atoms with E-state index in [9.17, 15) is 26.4 Å². The molecule has 0 radical (unpaired) electrons. The van der Waals surface area contributed by atoms with Crippen molar-refractivity contribution in [1.29, 1.82) is 0 Å². The summed E-state index contributed by atoms with van der Waals surface area (Å²) in [7, 11) is -6.22. The average Bonchev–Trinajstić information content (AvgIpc) is 2.88. The molecule has 2 aliphatic rings. The lowest BCUT2D eigenvalue weighted by molar-refractivity contribution is -0.146. The van der Waals surface area contributed by atoms with Gasteiger partial charge in [0, 0.05) is 13.1 Å². The first-order valence-corrected chi connectivity index (χ1v) is 11.9. The van der Waals surface area contributed by atoms with E-state index in [0.29, 0.717) is 12.8 Å². The van der Waals surface area contributed by atoms with Crippen molar-refractivity contribution in [1.82, 2.24) is 4.31 Å². The molecule has 28 heavy (non-hydrogen) atoms. The number of amides is 1. The maximum absolute atomic E-state index is 12.8. The highest BCUT2D eigenvalue weighted by molar-refractivity contribution is 7.94. The van der Waals surface area contributed by atoms with Crippen molar-refractivity contribution in [3.05, 3.63) is 24.3 Å². The molecule has 1 amide bonds. The molecular weight excluding hydrogens is 408 g/mol. The third-order valence-corrected chi connectivity index (χ3v) is 8.84. The van der Waals surface area contributed by atoms with E-state index >= 15 is 0 Å². The summed E-state index contributed by atoms with van der Waals surface area (Å²) in [6.45, 7) is 1.93. The van der Waals surface area contributed by atoms with Crippen LogP contribution in [0.3, 0.4) is 0 Å². The number of hydrogen-bond donors (Lipinski definition) is 0. The molecular formula is C17H22N2O7S2. The zero-order valence-electron chi connectivity index (χ0n) is 15.6. The molecule has 9 nitrogen and oxygen atoms in total. The number of nitrogens with zero attached hydrogens (tertiary/aromatic N) is 2. The maximum Gasteiger partial charge on any atom is 0.308 e. The normalized spacial score (nSPS) is 23.7. The number of ether oxygens (including phenoxy) is 1. The first kappa shape index (κ1) is 20.7. The van der Waals surface area contributed by atoms with Crippen LogP contribution in [0.25, 0.3) is 0 Å². The number of hydrogen-bond acceptors (Lipinski definition) is 7. The minimum absolute atomic E-state index is 0.00450. The standard InChI is InChI=1S/C17H22N2O7S2/c1-12-11-27(22,23)19(16(12)20)14-3-5-15(6-4-14)28(24,25)18-9-7-13(8-10-18)17(21)26-2/h3-6,12-13H,7-11H2,1-2H3/t12-/m0/s1. The van der Waals surface area contributed by atoms with Crippen molar-refractivity contribution in [3.63, 3.8) is 0 Å². The summed E-state index contributed by atoms with van der Waals surface area (Å²) >= 11 is 0. The van der Waals surface area contributed by atoms with Crippen LogP contribution in [0.15, 0.2) is 29.2 Å². The fourth-order valence-corrected chi connectivity index (χ4v) is 6.78. The van der Waals surface area contributed by atoms with E-state index in [1.165, 1.54) is 42.6 Å². The van der Waals surface area contributed by atoms with Crippen molar-refractivity contribution in [2.24, 2.45) is 11.8 Å². The second-order valence-electron chi connectivity index (χ2n) is 6.98. The Labute approximate surface area is 164 Å². The zero-order chi connectivity index (χ0) is 20.7. The number of sulfonamides is 2. The van der Waals surface area contributed by atoms with Gasteiger partial charge < -0.3 is 4.74 Å². The number of piperidine rings is 1. The van der Waals surface area contributed by atoms with Crippen molar-refractivity contribution >= 4 is 37.6 Å². The molecule has 0 N–H and O–H groups in total. The third kappa shape index (κ3) is 3.65. The molecule has 11 heteroatoms. The largest absolute Gasteiger partial charge is 0.469 e.